The Balaban J connectivity index is 2.16. The maximum atomic E-state index is 12.4. The van der Waals surface area contributed by atoms with Crippen molar-refractivity contribution in [1.82, 2.24) is 9.62 Å². The maximum Gasteiger partial charge on any atom is 0.252 e. The van der Waals surface area contributed by atoms with Gasteiger partial charge in [0.05, 0.1) is 12.8 Å². The van der Waals surface area contributed by atoms with Crippen LogP contribution in [0.2, 0.25) is 0 Å². The summed E-state index contributed by atoms with van der Waals surface area (Å²) in [6.45, 7) is 0.899. The minimum atomic E-state index is -3.45. The third-order valence-electron chi connectivity index (χ3n) is 2.61. The van der Waals surface area contributed by atoms with E-state index in [0.717, 1.165) is 4.88 Å². The highest BCUT2D eigenvalue weighted by molar-refractivity contribution is 7.91. The Morgan fingerprint density at radius 1 is 1.37 bits per heavy atom. The van der Waals surface area contributed by atoms with Crippen LogP contribution in [0, 0.1) is 0 Å². The van der Waals surface area contributed by atoms with Gasteiger partial charge in [-0.25, -0.2) is 8.42 Å². The van der Waals surface area contributed by atoms with E-state index in [9.17, 15) is 8.42 Å². The first kappa shape index (κ1) is 14.3. The van der Waals surface area contributed by atoms with Crippen LogP contribution in [0.25, 0.3) is 0 Å². The van der Waals surface area contributed by atoms with Crippen molar-refractivity contribution >= 4 is 21.4 Å². The molecule has 0 aliphatic heterocycles. The van der Waals surface area contributed by atoms with E-state index in [2.05, 4.69) is 5.32 Å². The second-order valence-electron chi connectivity index (χ2n) is 4.09. The van der Waals surface area contributed by atoms with E-state index in [1.807, 2.05) is 13.1 Å². The Morgan fingerprint density at radius 2 is 2.16 bits per heavy atom. The summed E-state index contributed by atoms with van der Waals surface area (Å²) in [5.41, 5.74) is 0. The monoisotopic (exact) mass is 300 g/mol. The molecule has 2 aromatic rings. The lowest BCUT2D eigenvalue weighted by molar-refractivity contribution is 0.407. The number of hydrogen-bond donors (Lipinski definition) is 1. The van der Waals surface area contributed by atoms with E-state index in [-0.39, 0.29) is 6.54 Å². The summed E-state index contributed by atoms with van der Waals surface area (Å²) in [4.78, 5) is 0.993. The molecule has 0 saturated carbocycles. The first-order chi connectivity index (χ1) is 9.04. The Labute approximate surface area is 116 Å². The van der Waals surface area contributed by atoms with Gasteiger partial charge in [0.25, 0.3) is 10.0 Å². The molecule has 0 fully saturated rings. The first-order valence-electron chi connectivity index (χ1n) is 5.76. The third kappa shape index (κ3) is 3.24. The van der Waals surface area contributed by atoms with Gasteiger partial charge < -0.3 is 9.73 Å². The lowest BCUT2D eigenvalue weighted by Gasteiger charge is -2.14. The van der Waals surface area contributed by atoms with E-state index in [1.54, 1.807) is 25.2 Å². The molecule has 2 rings (SSSR count). The number of nitrogens with zero attached hydrogens (tertiary/aromatic N) is 1. The molecule has 0 aliphatic carbocycles. The van der Waals surface area contributed by atoms with Crippen molar-refractivity contribution in [2.45, 2.75) is 17.3 Å². The summed E-state index contributed by atoms with van der Waals surface area (Å²) in [6, 6.07) is 6.97. The minimum Gasteiger partial charge on any atom is -0.468 e. The van der Waals surface area contributed by atoms with Crippen LogP contribution >= 0.6 is 11.3 Å². The molecule has 0 unspecified atom stereocenters. The van der Waals surface area contributed by atoms with Crippen LogP contribution in [0.3, 0.4) is 0 Å². The molecule has 5 nitrogen and oxygen atoms in total. The second kappa shape index (κ2) is 5.87. The molecule has 0 radical (unpaired) electrons. The van der Waals surface area contributed by atoms with Gasteiger partial charge in [-0.15, -0.1) is 11.3 Å². The Hall–Kier alpha value is -1.15. The largest absolute Gasteiger partial charge is 0.468 e. The molecular weight excluding hydrogens is 284 g/mol. The molecule has 0 aliphatic rings. The van der Waals surface area contributed by atoms with Crippen molar-refractivity contribution in [2.75, 3.05) is 14.1 Å². The summed E-state index contributed by atoms with van der Waals surface area (Å²) in [7, 11) is -0.0673. The zero-order valence-electron chi connectivity index (χ0n) is 10.8. The quantitative estimate of drug-likeness (QED) is 0.885. The van der Waals surface area contributed by atoms with Gasteiger partial charge in [-0.3, -0.25) is 0 Å². The Morgan fingerprint density at radius 3 is 2.79 bits per heavy atom. The van der Waals surface area contributed by atoms with Gasteiger partial charge >= 0.3 is 0 Å². The fourth-order valence-electron chi connectivity index (χ4n) is 1.63. The molecule has 0 bridgehead atoms. The predicted octanol–water partition coefficient (Wildman–Crippen LogP) is 1.88. The van der Waals surface area contributed by atoms with Crippen LogP contribution in [-0.4, -0.2) is 26.8 Å². The van der Waals surface area contributed by atoms with Crippen molar-refractivity contribution in [3.8, 4) is 0 Å². The number of furan rings is 1. The highest BCUT2D eigenvalue weighted by Gasteiger charge is 2.23. The van der Waals surface area contributed by atoms with Crippen molar-refractivity contribution < 1.29 is 12.8 Å². The van der Waals surface area contributed by atoms with Crippen LogP contribution < -0.4 is 5.32 Å². The summed E-state index contributed by atoms with van der Waals surface area (Å²) >= 11 is 1.28. The number of hydrogen-bond acceptors (Lipinski definition) is 5. The molecule has 2 aromatic heterocycles. The average molecular weight is 300 g/mol. The first-order valence-corrected chi connectivity index (χ1v) is 8.01. The molecule has 7 heteroatoms. The van der Waals surface area contributed by atoms with Crippen LogP contribution in [0.15, 0.2) is 39.2 Å². The third-order valence-corrected chi connectivity index (χ3v) is 5.97. The van der Waals surface area contributed by atoms with Crippen LogP contribution in [0.4, 0.5) is 0 Å². The summed E-state index contributed by atoms with van der Waals surface area (Å²) < 4.78 is 31.5. The van der Waals surface area contributed by atoms with E-state index < -0.39 is 10.0 Å². The zero-order valence-corrected chi connectivity index (χ0v) is 12.4. The van der Waals surface area contributed by atoms with Gasteiger partial charge in [0.15, 0.2) is 0 Å². The van der Waals surface area contributed by atoms with Gasteiger partial charge in [-0.05, 0) is 31.3 Å². The molecule has 0 saturated heterocycles. The van der Waals surface area contributed by atoms with E-state index >= 15 is 0 Å². The average Bonchev–Trinajstić information content (AvgIpc) is 3.00. The fraction of sp³-hybridized carbons (Fsp3) is 0.333. The van der Waals surface area contributed by atoms with Crippen molar-refractivity contribution in [1.29, 1.82) is 0 Å². The van der Waals surface area contributed by atoms with Gasteiger partial charge in [0.2, 0.25) is 0 Å². The predicted molar refractivity (Wildman–Crippen MR) is 74.4 cm³/mol. The topological polar surface area (TPSA) is 62.6 Å². The molecule has 0 aromatic carbocycles. The van der Waals surface area contributed by atoms with Crippen LogP contribution in [0.1, 0.15) is 10.6 Å². The number of sulfonamides is 1. The van der Waals surface area contributed by atoms with Gasteiger partial charge in [0, 0.05) is 18.5 Å². The van der Waals surface area contributed by atoms with Gasteiger partial charge in [0.1, 0.15) is 9.97 Å². The minimum absolute atomic E-state index is 0.231. The fourth-order valence-corrected chi connectivity index (χ4v) is 4.34. The number of nitrogens with one attached hydrogen (secondary N) is 1. The van der Waals surface area contributed by atoms with Crippen molar-refractivity contribution in [2.24, 2.45) is 0 Å². The molecule has 2 heterocycles. The standard InChI is InChI=1S/C12H16N2O3S2/c1-13-8-11-5-6-12(18-11)19(15,16)14(2)9-10-4-3-7-17-10/h3-7,13H,8-9H2,1-2H3. The smallest absolute Gasteiger partial charge is 0.252 e. The highest BCUT2D eigenvalue weighted by atomic mass is 32.2. The summed E-state index contributed by atoms with van der Waals surface area (Å²) in [5.74, 6) is 0.623. The summed E-state index contributed by atoms with van der Waals surface area (Å²) in [6.07, 6.45) is 1.53. The number of rotatable bonds is 6. The molecule has 1 N–H and O–H groups in total. The van der Waals surface area contributed by atoms with Crippen LogP contribution in [-0.2, 0) is 23.1 Å². The Kier molecular flexibility index (Phi) is 4.41. The van der Waals surface area contributed by atoms with E-state index in [4.69, 9.17) is 4.42 Å². The molecule has 0 atom stereocenters. The SMILES string of the molecule is CNCc1ccc(S(=O)(=O)N(C)Cc2ccco2)s1. The molecule has 0 amide bonds. The zero-order chi connectivity index (χ0) is 13.9. The lowest BCUT2D eigenvalue weighted by atomic mass is 10.4. The lowest BCUT2D eigenvalue weighted by Crippen LogP contribution is -2.25. The molecule has 19 heavy (non-hydrogen) atoms. The second-order valence-corrected chi connectivity index (χ2v) is 7.53. The Bertz CT molecular complexity index is 617. The maximum absolute atomic E-state index is 12.4. The highest BCUT2D eigenvalue weighted by Crippen LogP contribution is 2.25. The summed E-state index contributed by atoms with van der Waals surface area (Å²) in [5, 5.41) is 3.00. The van der Waals surface area contributed by atoms with Crippen LogP contribution in [0.5, 0.6) is 0 Å². The van der Waals surface area contributed by atoms with E-state index in [1.165, 1.54) is 21.9 Å². The van der Waals surface area contributed by atoms with Crippen molar-refractivity contribution in [3.05, 3.63) is 41.2 Å². The molecular formula is C12H16N2O3S2. The molecule has 0 spiro atoms. The van der Waals surface area contributed by atoms with Gasteiger partial charge in [-0.1, -0.05) is 0 Å². The van der Waals surface area contributed by atoms with Gasteiger partial charge in [-0.2, -0.15) is 4.31 Å². The normalized spacial score (nSPS) is 12.2. The molecule has 104 valence electrons. The van der Waals surface area contributed by atoms with Crippen molar-refractivity contribution in [3.63, 3.8) is 0 Å². The van der Waals surface area contributed by atoms with E-state index in [0.29, 0.717) is 16.5 Å². The number of thiophene rings is 1.